The molecule has 16 heavy (non-hydrogen) atoms. The van der Waals surface area contributed by atoms with Gasteiger partial charge in [0.1, 0.15) is 0 Å². The molecule has 1 amide bonds. The number of carbonyl (C=O) groups is 1. The van der Waals surface area contributed by atoms with Crippen LogP contribution in [0.15, 0.2) is 12.7 Å². The number of hydrogen-bond acceptors (Lipinski definition) is 2. The lowest BCUT2D eigenvalue weighted by Crippen LogP contribution is -2.38. The van der Waals surface area contributed by atoms with Gasteiger partial charge >= 0.3 is 0 Å². The first-order chi connectivity index (χ1) is 7.72. The summed E-state index contributed by atoms with van der Waals surface area (Å²) in [5.41, 5.74) is 5.65. The van der Waals surface area contributed by atoms with Crippen LogP contribution < -0.4 is 5.73 Å². The van der Waals surface area contributed by atoms with Crippen LogP contribution >= 0.6 is 0 Å². The summed E-state index contributed by atoms with van der Waals surface area (Å²) in [6, 6.07) is 0. The average molecular weight is 224 g/mol. The van der Waals surface area contributed by atoms with Crippen LogP contribution in [0.1, 0.15) is 32.6 Å². The van der Waals surface area contributed by atoms with Crippen molar-refractivity contribution in [3.05, 3.63) is 12.7 Å². The van der Waals surface area contributed by atoms with E-state index in [1.54, 1.807) is 6.08 Å². The van der Waals surface area contributed by atoms with E-state index in [1.165, 1.54) is 0 Å². The molecule has 0 aromatic heterocycles. The van der Waals surface area contributed by atoms with Crippen molar-refractivity contribution in [2.24, 2.45) is 17.6 Å². The van der Waals surface area contributed by atoms with E-state index in [4.69, 9.17) is 5.73 Å². The smallest absolute Gasteiger partial charge is 0.225 e. The highest BCUT2D eigenvalue weighted by molar-refractivity contribution is 5.79. The normalized spacial score (nSPS) is 25.1. The van der Waals surface area contributed by atoms with E-state index >= 15 is 0 Å². The number of amides is 1. The first-order valence-corrected chi connectivity index (χ1v) is 6.32. The van der Waals surface area contributed by atoms with E-state index in [1.807, 2.05) is 11.8 Å². The van der Waals surface area contributed by atoms with Crippen molar-refractivity contribution in [1.29, 1.82) is 0 Å². The Bertz CT molecular complexity index is 232. The topological polar surface area (TPSA) is 46.3 Å². The van der Waals surface area contributed by atoms with Crippen LogP contribution in [-0.2, 0) is 4.79 Å². The summed E-state index contributed by atoms with van der Waals surface area (Å²) < 4.78 is 0. The van der Waals surface area contributed by atoms with Crippen LogP contribution in [0.2, 0.25) is 0 Å². The van der Waals surface area contributed by atoms with E-state index < -0.39 is 0 Å². The van der Waals surface area contributed by atoms with Gasteiger partial charge in [0.05, 0.1) is 0 Å². The Morgan fingerprint density at radius 1 is 1.44 bits per heavy atom. The van der Waals surface area contributed by atoms with Crippen molar-refractivity contribution >= 4 is 5.91 Å². The molecule has 0 spiro atoms. The van der Waals surface area contributed by atoms with Gasteiger partial charge in [0.2, 0.25) is 5.91 Å². The predicted octanol–water partition coefficient (Wildman–Crippen LogP) is 1.79. The number of carbonyl (C=O) groups excluding carboxylic acids is 1. The largest absolute Gasteiger partial charge is 0.339 e. The molecule has 3 nitrogen and oxygen atoms in total. The number of hydrogen-bond donors (Lipinski definition) is 1. The van der Waals surface area contributed by atoms with Crippen molar-refractivity contribution in [2.45, 2.75) is 32.6 Å². The highest BCUT2D eigenvalue weighted by Crippen LogP contribution is 2.29. The molecule has 0 atom stereocenters. The minimum Gasteiger partial charge on any atom is -0.339 e. The van der Waals surface area contributed by atoms with Crippen LogP contribution in [0.3, 0.4) is 0 Å². The quantitative estimate of drug-likeness (QED) is 0.724. The SMILES string of the molecule is C=CCN(CC)C(=O)C1CCC(CN)CC1. The molecule has 1 aliphatic rings. The van der Waals surface area contributed by atoms with Crippen LogP contribution in [0.4, 0.5) is 0 Å². The summed E-state index contributed by atoms with van der Waals surface area (Å²) in [6.07, 6.45) is 6.03. The van der Waals surface area contributed by atoms with E-state index in [0.29, 0.717) is 18.4 Å². The maximum absolute atomic E-state index is 12.2. The molecule has 0 aromatic rings. The Balaban J connectivity index is 2.45. The Kier molecular flexibility index (Phi) is 5.53. The summed E-state index contributed by atoms with van der Waals surface area (Å²) in [5, 5.41) is 0. The molecular formula is C13H24N2O. The van der Waals surface area contributed by atoms with Gasteiger partial charge in [0.15, 0.2) is 0 Å². The third kappa shape index (κ3) is 3.34. The molecule has 1 rings (SSSR count). The number of nitrogens with two attached hydrogens (primary N) is 1. The minimum absolute atomic E-state index is 0.225. The summed E-state index contributed by atoms with van der Waals surface area (Å²) in [6.45, 7) is 7.93. The standard InChI is InChI=1S/C13H24N2O/c1-3-9-15(4-2)13(16)12-7-5-11(10-14)6-8-12/h3,11-12H,1,4-10,14H2,2H3. The molecule has 1 aliphatic carbocycles. The average Bonchev–Trinajstić information content (AvgIpc) is 2.35. The maximum atomic E-state index is 12.2. The lowest BCUT2D eigenvalue weighted by Gasteiger charge is -2.30. The molecule has 0 heterocycles. The fraction of sp³-hybridized carbons (Fsp3) is 0.769. The van der Waals surface area contributed by atoms with Gasteiger partial charge in [-0.3, -0.25) is 4.79 Å². The van der Waals surface area contributed by atoms with Gasteiger partial charge in [-0.05, 0) is 45.1 Å². The minimum atomic E-state index is 0.225. The van der Waals surface area contributed by atoms with Crippen LogP contribution in [0.25, 0.3) is 0 Å². The molecule has 0 bridgehead atoms. The van der Waals surface area contributed by atoms with Crippen molar-refractivity contribution in [2.75, 3.05) is 19.6 Å². The Labute approximate surface area is 98.7 Å². The Morgan fingerprint density at radius 3 is 2.50 bits per heavy atom. The van der Waals surface area contributed by atoms with Gasteiger partial charge in [-0.1, -0.05) is 6.08 Å². The summed E-state index contributed by atoms with van der Waals surface area (Å²) in [4.78, 5) is 14.1. The predicted molar refractivity (Wildman–Crippen MR) is 67.0 cm³/mol. The molecule has 1 fully saturated rings. The number of rotatable bonds is 5. The van der Waals surface area contributed by atoms with Gasteiger partial charge in [-0.15, -0.1) is 6.58 Å². The molecular weight excluding hydrogens is 200 g/mol. The monoisotopic (exact) mass is 224 g/mol. The van der Waals surface area contributed by atoms with Gasteiger partial charge in [-0.2, -0.15) is 0 Å². The molecule has 0 radical (unpaired) electrons. The molecule has 0 unspecified atom stereocenters. The molecule has 2 N–H and O–H groups in total. The zero-order chi connectivity index (χ0) is 12.0. The van der Waals surface area contributed by atoms with Gasteiger partial charge in [-0.25, -0.2) is 0 Å². The van der Waals surface area contributed by atoms with E-state index in [2.05, 4.69) is 6.58 Å². The summed E-state index contributed by atoms with van der Waals surface area (Å²) in [5.74, 6) is 1.17. The van der Waals surface area contributed by atoms with E-state index in [-0.39, 0.29) is 5.92 Å². The third-order valence-electron chi connectivity index (χ3n) is 3.57. The number of likely N-dealkylation sites (N-methyl/N-ethyl adjacent to an activating group) is 1. The highest BCUT2D eigenvalue weighted by atomic mass is 16.2. The molecule has 0 saturated heterocycles. The Morgan fingerprint density at radius 2 is 2.06 bits per heavy atom. The fourth-order valence-corrected chi connectivity index (χ4v) is 2.43. The van der Waals surface area contributed by atoms with Crippen LogP contribution in [0, 0.1) is 11.8 Å². The van der Waals surface area contributed by atoms with Crippen molar-refractivity contribution in [3.8, 4) is 0 Å². The van der Waals surface area contributed by atoms with Crippen LogP contribution in [0.5, 0.6) is 0 Å². The van der Waals surface area contributed by atoms with Crippen LogP contribution in [-0.4, -0.2) is 30.4 Å². The van der Waals surface area contributed by atoms with Crippen molar-refractivity contribution in [1.82, 2.24) is 4.90 Å². The summed E-state index contributed by atoms with van der Waals surface area (Å²) >= 11 is 0. The van der Waals surface area contributed by atoms with Crippen molar-refractivity contribution < 1.29 is 4.79 Å². The molecule has 0 aliphatic heterocycles. The van der Waals surface area contributed by atoms with E-state index in [0.717, 1.165) is 38.8 Å². The van der Waals surface area contributed by atoms with Crippen molar-refractivity contribution in [3.63, 3.8) is 0 Å². The first-order valence-electron chi connectivity index (χ1n) is 6.32. The second kappa shape index (κ2) is 6.69. The first kappa shape index (κ1) is 13.2. The lowest BCUT2D eigenvalue weighted by molar-refractivity contribution is -0.136. The lowest BCUT2D eigenvalue weighted by atomic mass is 9.81. The molecule has 1 saturated carbocycles. The van der Waals surface area contributed by atoms with Gasteiger partial charge < -0.3 is 10.6 Å². The van der Waals surface area contributed by atoms with Gasteiger partial charge in [0.25, 0.3) is 0 Å². The third-order valence-corrected chi connectivity index (χ3v) is 3.57. The maximum Gasteiger partial charge on any atom is 0.225 e. The molecule has 92 valence electrons. The second-order valence-corrected chi connectivity index (χ2v) is 4.62. The molecule has 3 heteroatoms. The van der Waals surface area contributed by atoms with Gasteiger partial charge in [0, 0.05) is 19.0 Å². The Hall–Kier alpha value is -0.830. The second-order valence-electron chi connectivity index (χ2n) is 4.62. The summed E-state index contributed by atoms with van der Waals surface area (Å²) in [7, 11) is 0. The highest BCUT2D eigenvalue weighted by Gasteiger charge is 2.27. The van der Waals surface area contributed by atoms with E-state index in [9.17, 15) is 4.79 Å². The zero-order valence-corrected chi connectivity index (χ0v) is 10.3. The zero-order valence-electron chi connectivity index (χ0n) is 10.3. The molecule has 0 aromatic carbocycles. The fourth-order valence-electron chi connectivity index (χ4n) is 2.43. The number of nitrogens with zero attached hydrogens (tertiary/aromatic N) is 1.